The SMILES string of the molecule is CC1=C(CN2CCc3nc(-c4ccc(Cl)cc4)[nH]c(=O)c3C2)C(C)(C)CCC1. The predicted molar refractivity (Wildman–Crippen MR) is 115 cm³/mol. The van der Waals surface area contributed by atoms with E-state index in [4.69, 9.17) is 16.6 Å². The lowest BCUT2D eigenvalue weighted by atomic mass is 9.72. The van der Waals surface area contributed by atoms with Crippen LogP contribution in [0.3, 0.4) is 0 Å². The molecule has 0 bridgehead atoms. The zero-order valence-corrected chi connectivity index (χ0v) is 17.7. The van der Waals surface area contributed by atoms with Crippen LogP contribution in [0.1, 0.15) is 51.3 Å². The Morgan fingerprint density at radius 1 is 1.21 bits per heavy atom. The zero-order valence-electron chi connectivity index (χ0n) is 16.9. The highest BCUT2D eigenvalue weighted by atomic mass is 35.5. The molecule has 1 aromatic heterocycles. The summed E-state index contributed by atoms with van der Waals surface area (Å²) >= 11 is 5.97. The summed E-state index contributed by atoms with van der Waals surface area (Å²) < 4.78 is 0. The molecule has 2 aromatic rings. The van der Waals surface area contributed by atoms with Crippen LogP contribution < -0.4 is 5.56 Å². The Morgan fingerprint density at radius 3 is 2.68 bits per heavy atom. The van der Waals surface area contributed by atoms with Gasteiger partial charge in [0.2, 0.25) is 0 Å². The number of H-pyrrole nitrogens is 1. The second-order valence-electron chi connectivity index (χ2n) is 8.80. The summed E-state index contributed by atoms with van der Waals surface area (Å²) in [4.78, 5) is 22.9. The van der Waals surface area contributed by atoms with E-state index in [-0.39, 0.29) is 11.0 Å². The van der Waals surface area contributed by atoms with Crippen molar-refractivity contribution in [1.82, 2.24) is 14.9 Å². The first kappa shape index (κ1) is 19.4. The van der Waals surface area contributed by atoms with Crippen molar-refractivity contribution in [2.75, 3.05) is 13.1 Å². The second kappa shape index (κ2) is 7.49. The van der Waals surface area contributed by atoms with Crippen molar-refractivity contribution >= 4 is 11.6 Å². The van der Waals surface area contributed by atoms with Gasteiger partial charge in [0, 0.05) is 36.6 Å². The van der Waals surface area contributed by atoms with Crippen molar-refractivity contribution < 1.29 is 0 Å². The molecule has 4 nitrogen and oxygen atoms in total. The lowest BCUT2D eigenvalue weighted by Gasteiger charge is -2.38. The monoisotopic (exact) mass is 397 g/mol. The van der Waals surface area contributed by atoms with Gasteiger partial charge in [-0.15, -0.1) is 0 Å². The van der Waals surface area contributed by atoms with Crippen LogP contribution in [0.2, 0.25) is 5.02 Å². The number of allylic oxidation sites excluding steroid dienone is 1. The highest BCUT2D eigenvalue weighted by Crippen LogP contribution is 2.40. The molecule has 4 rings (SSSR count). The lowest BCUT2D eigenvalue weighted by Crippen LogP contribution is -2.39. The first-order chi connectivity index (χ1) is 13.3. The van der Waals surface area contributed by atoms with Gasteiger partial charge in [-0.3, -0.25) is 9.69 Å². The molecular formula is C23H28ClN3O. The van der Waals surface area contributed by atoms with Crippen molar-refractivity contribution in [2.24, 2.45) is 5.41 Å². The summed E-state index contributed by atoms with van der Waals surface area (Å²) in [6, 6.07) is 7.42. The van der Waals surface area contributed by atoms with Gasteiger partial charge in [-0.2, -0.15) is 0 Å². The third-order valence-corrected chi connectivity index (χ3v) is 6.58. The molecule has 0 fully saturated rings. The van der Waals surface area contributed by atoms with Crippen molar-refractivity contribution in [1.29, 1.82) is 0 Å². The maximum atomic E-state index is 12.8. The topological polar surface area (TPSA) is 49.0 Å². The fourth-order valence-corrected chi connectivity index (χ4v) is 4.73. The van der Waals surface area contributed by atoms with Crippen LogP contribution in [0.5, 0.6) is 0 Å². The van der Waals surface area contributed by atoms with E-state index in [0.717, 1.165) is 36.3 Å². The third-order valence-electron chi connectivity index (χ3n) is 6.33. The van der Waals surface area contributed by atoms with Gasteiger partial charge in [0.05, 0.1) is 11.3 Å². The first-order valence-corrected chi connectivity index (χ1v) is 10.5. The molecule has 1 aromatic carbocycles. The summed E-state index contributed by atoms with van der Waals surface area (Å²) in [7, 11) is 0. The highest BCUT2D eigenvalue weighted by Gasteiger charge is 2.31. The molecular weight excluding hydrogens is 370 g/mol. The van der Waals surface area contributed by atoms with Gasteiger partial charge < -0.3 is 4.98 Å². The molecule has 0 saturated carbocycles. The summed E-state index contributed by atoms with van der Waals surface area (Å²) in [5.74, 6) is 0.626. The fourth-order valence-electron chi connectivity index (χ4n) is 4.61. The molecule has 0 amide bonds. The number of rotatable bonds is 3. The quantitative estimate of drug-likeness (QED) is 0.743. The smallest absolute Gasteiger partial charge is 0.255 e. The third kappa shape index (κ3) is 3.81. The molecule has 2 aliphatic rings. The molecule has 148 valence electrons. The fraction of sp³-hybridized carbons (Fsp3) is 0.478. The maximum absolute atomic E-state index is 12.8. The van der Waals surface area contributed by atoms with E-state index in [2.05, 4.69) is 30.7 Å². The summed E-state index contributed by atoms with van der Waals surface area (Å²) in [6.45, 7) is 9.56. The number of hydrogen-bond donors (Lipinski definition) is 1. The van der Waals surface area contributed by atoms with E-state index in [0.29, 0.717) is 17.4 Å². The number of nitrogens with zero attached hydrogens (tertiary/aromatic N) is 2. The largest absolute Gasteiger partial charge is 0.306 e. The molecule has 0 saturated heterocycles. The summed E-state index contributed by atoms with van der Waals surface area (Å²) in [5, 5.41) is 0.676. The Balaban J connectivity index is 1.58. The molecule has 0 atom stereocenters. The average molecular weight is 398 g/mol. The van der Waals surface area contributed by atoms with Crippen LogP contribution in [0.4, 0.5) is 0 Å². The number of aromatic nitrogens is 2. The summed E-state index contributed by atoms with van der Waals surface area (Å²) in [6.07, 6.45) is 4.54. The predicted octanol–water partition coefficient (Wildman–Crippen LogP) is 4.98. The maximum Gasteiger partial charge on any atom is 0.255 e. The minimum absolute atomic E-state index is 0.0201. The molecule has 1 aliphatic heterocycles. The molecule has 0 unspecified atom stereocenters. The number of nitrogens with one attached hydrogen (secondary N) is 1. The van der Waals surface area contributed by atoms with Crippen molar-refractivity contribution in [3.8, 4) is 11.4 Å². The van der Waals surface area contributed by atoms with Crippen LogP contribution in [0, 0.1) is 5.41 Å². The number of benzene rings is 1. The molecule has 28 heavy (non-hydrogen) atoms. The van der Waals surface area contributed by atoms with E-state index < -0.39 is 0 Å². The van der Waals surface area contributed by atoms with Gasteiger partial charge in [0.15, 0.2) is 0 Å². The number of hydrogen-bond acceptors (Lipinski definition) is 3. The van der Waals surface area contributed by atoms with Gasteiger partial charge in [-0.1, -0.05) is 36.6 Å². The van der Waals surface area contributed by atoms with Gasteiger partial charge >= 0.3 is 0 Å². The van der Waals surface area contributed by atoms with E-state index in [1.165, 1.54) is 24.8 Å². The molecule has 0 radical (unpaired) electrons. The van der Waals surface area contributed by atoms with E-state index >= 15 is 0 Å². The van der Waals surface area contributed by atoms with Gasteiger partial charge in [0.25, 0.3) is 5.56 Å². The Bertz CT molecular complexity index is 972. The van der Waals surface area contributed by atoms with Gasteiger partial charge in [-0.05, 0) is 55.9 Å². The van der Waals surface area contributed by atoms with Crippen molar-refractivity contribution in [2.45, 2.75) is 53.0 Å². The van der Waals surface area contributed by atoms with Crippen LogP contribution in [0.25, 0.3) is 11.4 Å². The Hall–Kier alpha value is -1.91. The normalized spacial score (nSPS) is 19.6. The van der Waals surface area contributed by atoms with Crippen LogP contribution in [-0.4, -0.2) is 28.0 Å². The Labute approximate surface area is 171 Å². The standard InChI is InChI=1S/C23H28ClN3O/c1-15-5-4-11-23(2,3)19(15)14-27-12-10-20-18(13-27)22(28)26-21(25-20)16-6-8-17(24)9-7-16/h6-9H,4-5,10-14H2,1-3H3,(H,25,26,28). The zero-order chi connectivity index (χ0) is 19.9. The van der Waals surface area contributed by atoms with E-state index in [9.17, 15) is 4.79 Å². The molecule has 0 spiro atoms. The minimum Gasteiger partial charge on any atom is -0.306 e. The Morgan fingerprint density at radius 2 is 1.96 bits per heavy atom. The van der Waals surface area contributed by atoms with Gasteiger partial charge in [0.1, 0.15) is 5.82 Å². The van der Waals surface area contributed by atoms with Crippen molar-refractivity contribution in [3.05, 3.63) is 62.0 Å². The second-order valence-corrected chi connectivity index (χ2v) is 9.24. The number of fused-ring (bicyclic) bond motifs is 1. The molecule has 1 aliphatic carbocycles. The van der Waals surface area contributed by atoms with Crippen LogP contribution >= 0.6 is 11.6 Å². The highest BCUT2D eigenvalue weighted by molar-refractivity contribution is 6.30. The van der Waals surface area contributed by atoms with Crippen molar-refractivity contribution in [3.63, 3.8) is 0 Å². The first-order valence-electron chi connectivity index (χ1n) is 10.1. The molecule has 2 heterocycles. The lowest BCUT2D eigenvalue weighted by molar-refractivity contribution is 0.238. The van der Waals surface area contributed by atoms with E-state index in [1.807, 2.05) is 24.3 Å². The Kier molecular flexibility index (Phi) is 5.19. The average Bonchev–Trinajstić information content (AvgIpc) is 2.65. The van der Waals surface area contributed by atoms with Gasteiger partial charge in [-0.25, -0.2) is 4.98 Å². The number of halogens is 1. The summed E-state index contributed by atoms with van der Waals surface area (Å²) in [5.41, 5.74) is 5.96. The van der Waals surface area contributed by atoms with Crippen LogP contribution in [-0.2, 0) is 13.0 Å². The number of aromatic amines is 1. The minimum atomic E-state index is -0.0201. The van der Waals surface area contributed by atoms with E-state index in [1.54, 1.807) is 5.57 Å². The van der Waals surface area contributed by atoms with Crippen LogP contribution in [0.15, 0.2) is 40.2 Å². The molecule has 1 N–H and O–H groups in total. The molecule has 5 heteroatoms.